The maximum atomic E-state index is 12.7. The highest BCUT2D eigenvalue weighted by atomic mass is 16.6. The minimum atomic E-state index is -0.971. The summed E-state index contributed by atoms with van der Waals surface area (Å²) in [5, 5.41) is 24.2. The van der Waals surface area contributed by atoms with Gasteiger partial charge in [0.05, 0.1) is 21.6 Å². The number of nitrogens with one attached hydrogen (secondary N) is 1. The van der Waals surface area contributed by atoms with Crippen LogP contribution in [-0.4, -0.2) is 44.9 Å². The van der Waals surface area contributed by atoms with Crippen molar-refractivity contribution in [1.29, 1.82) is 0 Å². The summed E-state index contributed by atoms with van der Waals surface area (Å²) in [6.07, 6.45) is 0.827. The Morgan fingerprint density at radius 1 is 1.18 bits per heavy atom. The number of anilines is 1. The van der Waals surface area contributed by atoms with E-state index in [1.165, 1.54) is 0 Å². The van der Waals surface area contributed by atoms with E-state index in [1.54, 1.807) is 4.90 Å². The zero-order chi connectivity index (χ0) is 20.2. The maximum Gasteiger partial charge on any atom is 0.412 e. The summed E-state index contributed by atoms with van der Waals surface area (Å²) >= 11 is 0. The molecule has 2 amide bonds. The molecule has 1 aromatic rings. The molecule has 2 saturated heterocycles. The second-order valence-electron chi connectivity index (χ2n) is 7.59. The van der Waals surface area contributed by atoms with Crippen molar-refractivity contribution in [3.8, 4) is 0 Å². The van der Waals surface area contributed by atoms with Crippen molar-refractivity contribution in [2.45, 2.75) is 37.8 Å². The van der Waals surface area contributed by atoms with Crippen LogP contribution in [0.2, 0.25) is 0 Å². The lowest BCUT2D eigenvalue weighted by Crippen LogP contribution is -2.42. The first kappa shape index (κ1) is 18.1. The Bertz CT molecular complexity index is 871. The molecule has 0 spiro atoms. The summed E-state index contributed by atoms with van der Waals surface area (Å²) in [6.45, 7) is 2.68. The molecule has 0 unspecified atom stereocenters. The van der Waals surface area contributed by atoms with E-state index in [4.69, 9.17) is 4.74 Å². The van der Waals surface area contributed by atoms with Crippen LogP contribution in [0.25, 0.3) is 0 Å². The molecule has 148 valence electrons. The van der Waals surface area contributed by atoms with Crippen LogP contribution in [0.1, 0.15) is 26.2 Å². The van der Waals surface area contributed by atoms with Crippen LogP contribution >= 0.6 is 0 Å². The predicted octanol–water partition coefficient (Wildman–Crippen LogP) is 2.45. The largest absolute Gasteiger partial charge is 0.435 e. The van der Waals surface area contributed by atoms with Crippen LogP contribution in [0, 0.1) is 32.1 Å². The Hall–Kier alpha value is -3.24. The third kappa shape index (κ3) is 2.57. The fourth-order valence-electron chi connectivity index (χ4n) is 5.06. The van der Waals surface area contributed by atoms with Crippen LogP contribution in [0.3, 0.4) is 0 Å². The number of nitro groups is 2. The van der Waals surface area contributed by atoms with Gasteiger partial charge in [0.15, 0.2) is 6.10 Å². The Morgan fingerprint density at radius 2 is 1.82 bits per heavy atom. The summed E-state index contributed by atoms with van der Waals surface area (Å²) in [5.41, 5.74) is -1.51. The topological polar surface area (TPSA) is 145 Å². The van der Waals surface area contributed by atoms with Gasteiger partial charge in [-0.15, -0.1) is 0 Å². The Labute approximate surface area is 158 Å². The maximum absolute atomic E-state index is 12.7. The van der Waals surface area contributed by atoms with E-state index in [-0.39, 0.29) is 23.1 Å². The van der Waals surface area contributed by atoms with Crippen molar-refractivity contribution in [3.05, 3.63) is 38.4 Å². The quantitative estimate of drug-likeness (QED) is 0.614. The molecule has 1 aliphatic carbocycles. The van der Waals surface area contributed by atoms with Crippen LogP contribution in [0.15, 0.2) is 18.2 Å². The zero-order valence-corrected chi connectivity index (χ0v) is 15.0. The van der Waals surface area contributed by atoms with Crippen molar-refractivity contribution in [3.63, 3.8) is 0 Å². The van der Waals surface area contributed by atoms with Gasteiger partial charge in [0, 0.05) is 30.1 Å². The van der Waals surface area contributed by atoms with Crippen molar-refractivity contribution in [2.24, 2.45) is 11.8 Å². The van der Waals surface area contributed by atoms with Crippen molar-refractivity contribution in [2.75, 3.05) is 11.9 Å². The van der Waals surface area contributed by atoms with Gasteiger partial charge in [0.1, 0.15) is 0 Å². The van der Waals surface area contributed by atoms with Gasteiger partial charge in [-0.2, -0.15) is 0 Å². The van der Waals surface area contributed by atoms with Crippen LogP contribution in [-0.2, 0) is 9.53 Å². The molecule has 3 fully saturated rings. The van der Waals surface area contributed by atoms with Crippen molar-refractivity contribution in [1.82, 2.24) is 4.90 Å². The van der Waals surface area contributed by atoms with E-state index in [0.29, 0.717) is 12.5 Å². The molecule has 1 saturated carbocycles. The van der Waals surface area contributed by atoms with Gasteiger partial charge in [0.2, 0.25) is 0 Å². The predicted molar refractivity (Wildman–Crippen MR) is 94.6 cm³/mol. The van der Waals surface area contributed by atoms with Crippen LogP contribution in [0.4, 0.5) is 21.9 Å². The van der Waals surface area contributed by atoms with E-state index in [1.807, 2.05) is 6.92 Å². The third-order valence-corrected chi connectivity index (χ3v) is 6.37. The summed E-state index contributed by atoms with van der Waals surface area (Å²) in [7, 11) is 0. The minimum absolute atomic E-state index is 0.0994. The van der Waals surface area contributed by atoms with Gasteiger partial charge in [-0.3, -0.25) is 30.3 Å². The smallest absolute Gasteiger partial charge is 0.412 e. The Kier molecular flexibility index (Phi) is 3.98. The number of non-ortho nitro benzene ring substituents is 2. The van der Waals surface area contributed by atoms with Gasteiger partial charge in [-0.25, -0.2) is 4.79 Å². The lowest BCUT2D eigenvalue weighted by Gasteiger charge is -2.31. The normalized spacial score (nSPS) is 30.2. The number of ether oxygens (including phenoxy) is 1. The summed E-state index contributed by atoms with van der Waals surface area (Å²) in [6, 6.07) is 2.79. The number of carbonyl (C=O) groups is 2. The van der Waals surface area contributed by atoms with Crippen LogP contribution < -0.4 is 5.32 Å². The van der Waals surface area contributed by atoms with E-state index < -0.39 is 33.4 Å². The molecule has 1 aromatic carbocycles. The van der Waals surface area contributed by atoms with Gasteiger partial charge in [-0.1, -0.05) is 0 Å². The SMILES string of the molecule is C[C@@]12[C@H]3CC[C@@H]1[C@H](OC(=O)Nc1cc([N+](=O)[O-])cc([N+](=O)[O-])c1)C(=O)N2CC3. The lowest BCUT2D eigenvalue weighted by molar-refractivity contribution is -0.394. The number of benzene rings is 1. The number of carbonyl (C=O) groups excluding carboxylic acids is 2. The van der Waals surface area contributed by atoms with Gasteiger partial charge >= 0.3 is 6.09 Å². The summed E-state index contributed by atoms with van der Waals surface area (Å²) in [4.78, 5) is 47.2. The second-order valence-corrected chi connectivity index (χ2v) is 7.59. The molecule has 11 heteroatoms. The molecule has 11 nitrogen and oxygen atoms in total. The first-order chi connectivity index (χ1) is 13.2. The minimum Gasteiger partial charge on any atom is -0.435 e. The molecule has 1 N–H and O–H groups in total. The standard InChI is InChI=1S/C17H18N4O7/c1-17-9-2-3-13(17)14(15(22)19(17)5-4-9)28-16(23)18-10-6-11(20(24)25)8-12(7-10)21(26)27/h6-9,13-14H,2-5H2,1H3,(H,18,23)/t9-,13+,14-,17+/m0/s1. The van der Waals surface area contributed by atoms with Crippen molar-refractivity contribution < 1.29 is 24.2 Å². The molecule has 4 atom stereocenters. The van der Waals surface area contributed by atoms with Crippen molar-refractivity contribution >= 4 is 29.1 Å². The number of hydrogen-bond donors (Lipinski definition) is 1. The molecule has 0 radical (unpaired) electrons. The number of nitro benzene ring substituents is 2. The lowest BCUT2D eigenvalue weighted by atomic mass is 9.84. The highest BCUT2D eigenvalue weighted by Crippen LogP contribution is 2.56. The average Bonchev–Trinajstić information content (AvgIpc) is 3.20. The first-order valence-corrected chi connectivity index (χ1v) is 8.95. The van der Waals surface area contributed by atoms with E-state index in [0.717, 1.165) is 37.5 Å². The van der Waals surface area contributed by atoms with Gasteiger partial charge in [-0.05, 0) is 32.1 Å². The second kappa shape index (κ2) is 6.14. The van der Waals surface area contributed by atoms with E-state index in [9.17, 15) is 29.8 Å². The third-order valence-electron chi connectivity index (χ3n) is 6.37. The molecule has 4 rings (SSSR count). The Morgan fingerprint density at radius 3 is 2.43 bits per heavy atom. The number of rotatable bonds is 4. The van der Waals surface area contributed by atoms with E-state index in [2.05, 4.69) is 5.32 Å². The highest BCUT2D eigenvalue weighted by molar-refractivity contribution is 5.91. The summed E-state index contributed by atoms with van der Waals surface area (Å²) in [5.74, 6) is 0.0742. The molecular weight excluding hydrogens is 372 g/mol. The number of nitrogens with zero attached hydrogens (tertiary/aromatic N) is 3. The van der Waals surface area contributed by atoms with Gasteiger partial charge in [0.25, 0.3) is 17.3 Å². The Balaban J connectivity index is 1.52. The highest BCUT2D eigenvalue weighted by Gasteiger charge is 2.65. The zero-order valence-electron chi connectivity index (χ0n) is 15.0. The molecule has 2 heterocycles. The molecule has 0 aromatic heterocycles. The average molecular weight is 390 g/mol. The number of amides is 2. The van der Waals surface area contributed by atoms with Crippen LogP contribution in [0.5, 0.6) is 0 Å². The molecule has 0 bridgehead atoms. The monoisotopic (exact) mass is 390 g/mol. The molecule has 28 heavy (non-hydrogen) atoms. The van der Waals surface area contributed by atoms with E-state index >= 15 is 0 Å². The molecule has 3 aliphatic rings. The molecule has 2 aliphatic heterocycles. The summed E-state index contributed by atoms with van der Waals surface area (Å²) < 4.78 is 5.38. The first-order valence-electron chi connectivity index (χ1n) is 8.95. The molecular formula is C17H18N4O7. The van der Waals surface area contributed by atoms with Gasteiger partial charge < -0.3 is 9.64 Å². The number of hydrogen-bond acceptors (Lipinski definition) is 7. The fraction of sp³-hybridized carbons (Fsp3) is 0.529. The fourth-order valence-corrected chi connectivity index (χ4v) is 5.06.